The molecule has 1 aromatic carbocycles. The molecule has 0 saturated carbocycles. The molecule has 1 amide bonds. The maximum atomic E-state index is 11.2. The average molecular weight is 324 g/mol. The van der Waals surface area contributed by atoms with Gasteiger partial charge in [-0.05, 0) is 24.3 Å². The summed E-state index contributed by atoms with van der Waals surface area (Å²) in [5.41, 5.74) is 1.70. The van der Waals surface area contributed by atoms with Crippen molar-refractivity contribution in [2.75, 3.05) is 56.9 Å². The minimum Gasteiger partial charge on any atom is -0.394 e. The smallest absolute Gasteiger partial charge is 0.214 e. The summed E-state index contributed by atoms with van der Waals surface area (Å²) < 4.78 is 10.2. The van der Waals surface area contributed by atoms with Gasteiger partial charge in [0.05, 0.1) is 25.9 Å². The first-order valence-electron chi connectivity index (χ1n) is 7.34. The second-order valence-corrected chi connectivity index (χ2v) is 4.98. The van der Waals surface area contributed by atoms with Crippen LogP contribution in [-0.4, -0.2) is 71.0 Å². The molecule has 7 nitrogen and oxygen atoms in total. The van der Waals surface area contributed by atoms with E-state index in [-0.39, 0.29) is 19.8 Å². The number of nitrogens with zero attached hydrogens (tertiary/aromatic N) is 2. The molecule has 23 heavy (non-hydrogen) atoms. The molecule has 1 atom stereocenters. The van der Waals surface area contributed by atoms with Gasteiger partial charge in [0.25, 0.3) is 0 Å². The molecular formula is C16H24N2O5. The Balaban J connectivity index is 2.62. The highest BCUT2D eigenvalue weighted by Gasteiger charge is 2.13. The number of aldehydes is 1. The van der Waals surface area contributed by atoms with Crippen LogP contribution >= 0.6 is 0 Å². The van der Waals surface area contributed by atoms with E-state index >= 15 is 0 Å². The monoisotopic (exact) mass is 324 g/mol. The van der Waals surface area contributed by atoms with E-state index in [1.54, 1.807) is 0 Å². The van der Waals surface area contributed by atoms with Crippen LogP contribution in [0.2, 0.25) is 0 Å². The van der Waals surface area contributed by atoms with Gasteiger partial charge in [-0.3, -0.25) is 4.79 Å². The topological polar surface area (TPSA) is 79.3 Å². The number of ether oxygens (including phenoxy) is 2. The van der Waals surface area contributed by atoms with Crippen LogP contribution < -0.4 is 9.80 Å². The highest BCUT2D eigenvalue weighted by atomic mass is 16.5. The molecule has 0 aromatic heterocycles. The van der Waals surface area contributed by atoms with Crippen LogP contribution in [0, 0.1) is 0 Å². The second-order valence-electron chi connectivity index (χ2n) is 4.98. The van der Waals surface area contributed by atoms with E-state index in [2.05, 4.69) is 0 Å². The highest BCUT2D eigenvalue weighted by Crippen LogP contribution is 2.19. The largest absolute Gasteiger partial charge is 0.394 e. The number of hydrogen-bond donors (Lipinski definition) is 1. The zero-order valence-corrected chi connectivity index (χ0v) is 13.6. The molecule has 1 unspecified atom stereocenters. The normalized spacial score (nSPS) is 11.8. The molecular weight excluding hydrogens is 300 g/mol. The zero-order chi connectivity index (χ0) is 17.1. The van der Waals surface area contributed by atoms with Crippen molar-refractivity contribution in [3.63, 3.8) is 0 Å². The van der Waals surface area contributed by atoms with Crippen LogP contribution in [0.4, 0.5) is 11.4 Å². The predicted molar refractivity (Wildman–Crippen MR) is 87.9 cm³/mol. The molecule has 0 aliphatic rings. The lowest BCUT2D eigenvalue weighted by Gasteiger charge is -2.24. The minimum absolute atomic E-state index is 0.104. The maximum absolute atomic E-state index is 11.2. The quantitative estimate of drug-likeness (QED) is 0.440. The first kappa shape index (κ1) is 19.1. The third kappa shape index (κ3) is 6.35. The molecule has 0 saturated heterocycles. The van der Waals surface area contributed by atoms with E-state index in [1.165, 1.54) is 12.0 Å². The summed E-state index contributed by atoms with van der Waals surface area (Å²) >= 11 is 0. The fraction of sp³-hybridized carbons (Fsp3) is 0.500. The van der Waals surface area contributed by atoms with Gasteiger partial charge in [-0.2, -0.15) is 0 Å². The van der Waals surface area contributed by atoms with Crippen molar-refractivity contribution in [1.82, 2.24) is 0 Å². The molecule has 0 radical (unpaired) electrons. The van der Waals surface area contributed by atoms with Gasteiger partial charge < -0.3 is 29.2 Å². The first-order valence-corrected chi connectivity index (χ1v) is 7.34. The van der Waals surface area contributed by atoms with Gasteiger partial charge in [0, 0.05) is 32.1 Å². The van der Waals surface area contributed by atoms with Crippen LogP contribution in [0.25, 0.3) is 0 Å². The minimum atomic E-state index is -0.419. The summed E-state index contributed by atoms with van der Waals surface area (Å²) in [6.45, 7) is 1.35. The van der Waals surface area contributed by atoms with Gasteiger partial charge in [-0.25, -0.2) is 0 Å². The molecule has 0 aliphatic heterocycles. The first-order chi connectivity index (χ1) is 11.2. The standard InChI is InChI=1S/C16H24N2O5/c1-17(7-9-23-10-8-19)14-3-5-15(6-4-14)18(13-21)11-16(12-20)22-2/h3-6,8,13,16,20H,7,9-12H2,1-2H3. The molecule has 0 spiro atoms. The van der Waals surface area contributed by atoms with Crippen molar-refractivity contribution in [1.29, 1.82) is 0 Å². The number of hydrogen-bond acceptors (Lipinski definition) is 6. The van der Waals surface area contributed by atoms with Gasteiger partial charge in [-0.1, -0.05) is 0 Å². The molecule has 0 aliphatic carbocycles. The number of carbonyl (C=O) groups excluding carboxylic acids is 2. The molecule has 0 fully saturated rings. The molecule has 0 heterocycles. The molecule has 1 aromatic rings. The molecule has 0 bridgehead atoms. The lowest BCUT2D eigenvalue weighted by atomic mass is 10.2. The average Bonchev–Trinajstić information content (AvgIpc) is 2.60. The summed E-state index contributed by atoms with van der Waals surface area (Å²) in [5.74, 6) is 0. The zero-order valence-electron chi connectivity index (χ0n) is 13.6. The maximum Gasteiger partial charge on any atom is 0.214 e. The summed E-state index contributed by atoms with van der Waals surface area (Å²) in [6.07, 6.45) is 1.02. The van der Waals surface area contributed by atoms with Crippen molar-refractivity contribution < 1.29 is 24.2 Å². The van der Waals surface area contributed by atoms with Gasteiger partial charge in [0.15, 0.2) is 0 Å². The summed E-state index contributed by atoms with van der Waals surface area (Å²) in [5, 5.41) is 9.15. The number of aliphatic hydroxyl groups excluding tert-OH is 1. The van der Waals surface area contributed by atoms with E-state index in [4.69, 9.17) is 14.6 Å². The van der Waals surface area contributed by atoms with Crippen LogP contribution in [-0.2, 0) is 19.1 Å². The third-order valence-electron chi connectivity index (χ3n) is 3.44. The number of carbonyl (C=O) groups is 2. The molecule has 1 rings (SSSR count). The Hall–Kier alpha value is -1.96. The predicted octanol–water partition coefficient (Wildman–Crippen LogP) is 0.308. The Kier molecular flexibility index (Phi) is 8.89. The van der Waals surface area contributed by atoms with E-state index in [9.17, 15) is 9.59 Å². The Bertz CT molecular complexity index is 462. The highest BCUT2D eigenvalue weighted by molar-refractivity contribution is 5.76. The molecule has 1 N–H and O–H groups in total. The SMILES string of the molecule is COC(CO)CN(C=O)c1ccc(N(C)CCOCC=O)cc1. The number of methoxy groups -OCH3 is 1. The Morgan fingerprint density at radius 3 is 2.39 bits per heavy atom. The Morgan fingerprint density at radius 2 is 1.87 bits per heavy atom. The van der Waals surface area contributed by atoms with Gasteiger partial charge in [0.2, 0.25) is 6.41 Å². The van der Waals surface area contributed by atoms with Crippen LogP contribution in [0.15, 0.2) is 24.3 Å². The van der Waals surface area contributed by atoms with Crippen LogP contribution in [0.5, 0.6) is 0 Å². The number of likely N-dealkylation sites (N-methyl/N-ethyl adjacent to an activating group) is 1. The van der Waals surface area contributed by atoms with Gasteiger partial charge in [0.1, 0.15) is 12.9 Å². The lowest BCUT2D eigenvalue weighted by Crippen LogP contribution is -2.34. The van der Waals surface area contributed by atoms with Crippen molar-refractivity contribution in [2.45, 2.75) is 6.10 Å². The number of benzene rings is 1. The fourth-order valence-corrected chi connectivity index (χ4v) is 2.00. The van der Waals surface area contributed by atoms with Crippen molar-refractivity contribution in [3.05, 3.63) is 24.3 Å². The van der Waals surface area contributed by atoms with Crippen LogP contribution in [0.3, 0.4) is 0 Å². The lowest BCUT2D eigenvalue weighted by molar-refractivity contribution is -0.111. The number of anilines is 2. The summed E-state index contributed by atoms with van der Waals surface area (Å²) in [4.78, 5) is 24.9. The van der Waals surface area contributed by atoms with E-state index < -0.39 is 6.10 Å². The van der Waals surface area contributed by atoms with E-state index in [0.717, 1.165) is 17.7 Å². The van der Waals surface area contributed by atoms with Crippen LogP contribution in [0.1, 0.15) is 0 Å². The Morgan fingerprint density at radius 1 is 1.22 bits per heavy atom. The summed E-state index contributed by atoms with van der Waals surface area (Å²) in [7, 11) is 3.41. The van der Waals surface area contributed by atoms with E-state index in [1.807, 2.05) is 36.2 Å². The Labute approximate surface area is 136 Å². The van der Waals surface area contributed by atoms with E-state index in [0.29, 0.717) is 19.6 Å². The second kappa shape index (κ2) is 10.7. The van der Waals surface area contributed by atoms with Crippen molar-refractivity contribution >= 4 is 24.1 Å². The number of amides is 1. The molecule has 128 valence electrons. The fourth-order valence-electron chi connectivity index (χ4n) is 2.00. The third-order valence-corrected chi connectivity index (χ3v) is 3.44. The van der Waals surface area contributed by atoms with Gasteiger partial charge >= 0.3 is 0 Å². The number of rotatable bonds is 12. The number of aliphatic hydroxyl groups is 1. The van der Waals surface area contributed by atoms with Gasteiger partial charge in [-0.15, -0.1) is 0 Å². The van der Waals surface area contributed by atoms with Crippen molar-refractivity contribution in [2.24, 2.45) is 0 Å². The molecule has 7 heteroatoms. The van der Waals surface area contributed by atoms with Crippen molar-refractivity contribution in [3.8, 4) is 0 Å². The summed E-state index contributed by atoms with van der Waals surface area (Å²) in [6, 6.07) is 7.45.